The smallest absolute Gasteiger partial charge is 0.430 e. The SMILES string of the molecule is O=C(OCC=CF)OCC=CCl. The van der Waals surface area contributed by atoms with Gasteiger partial charge in [0.05, 0.1) is 6.33 Å². The van der Waals surface area contributed by atoms with Crippen molar-refractivity contribution in [2.45, 2.75) is 0 Å². The van der Waals surface area contributed by atoms with Crippen LogP contribution in [0.25, 0.3) is 0 Å². The Hall–Kier alpha value is -1.03. The molecule has 12 heavy (non-hydrogen) atoms. The average molecular weight is 195 g/mol. The van der Waals surface area contributed by atoms with Crippen molar-refractivity contribution in [1.82, 2.24) is 0 Å². The zero-order chi connectivity index (χ0) is 9.23. The Morgan fingerprint density at radius 3 is 2.42 bits per heavy atom. The Bertz CT molecular complexity index is 161. The number of ether oxygens (including phenoxy) is 2. The highest BCUT2D eigenvalue weighted by Crippen LogP contribution is 1.88. The lowest BCUT2D eigenvalue weighted by Gasteiger charge is -1.99. The second-order valence-electron chi connectivity index (χ2n) is 1.60. The Balaban J connectivity index is 3.33. The first-order chi connectivity index (χ1) is 5.81. The fourth-order valence-electron chi connectivity index (χ4n) is 0.347. The molecule has 0 radical (unpaired) electrons. The summed E-state index contributed by atoms with van der Waals surface area (Å²) in [6.07, 6.45) is 1.89. The van der Waals surface area contributed by atoms with Gasteiger partial charge in [-0.15, -0.1) is 0 Å². The van der Waals surface area contributed by atoms with Crippen molar-refractivity contribution in [3.63, 3.8) is 0 Å². The van der Waals surface area contributed by atoms with Crippen LogP contribution in [0.2, 0.25) is 0 Å². The molecule has 0 saturated heterocycles. The third kappa shape index (κ3) is 7.08. The van der Waals surface area contributed by atoms with E-state index in [0.29, 0.717) is 0 Å². The van der Waals surface area contributed by atoms with Gasteiger partial charge in [-0.05, 0) is 12.2 Å². The molecule has 0 heterocycles. The third-order valence-electron chi connectivity index (χ3n) is 0.773. The quantitative estimate of drug-likeness (QED) is 0.645. The first-order valence-electron chi connectivity index (χ1n) is 3.11. The van der Waals surface area contributed by atoms with E-state index < -0.39 is 6.16 Å². The molecule has 0 spiro atoms. The Labute approximate surface area is 74.4 Å². The minimum Gasteiger partial charge on any atom is -0.430 e. The number of carbonyl (C=O) groups excluding carboxylic acids is 1. The van der Waals surface area contributed by atoms with Gasteiger partial charge in [-0.25, -0.2) is 9.18 Å². The maximum Gasteiger partial charge on any atom is 0.508 e. The lowest BCUT2D eigenvalue weighted by Crippen LogP contribution is -2.07. The highest BCUT2D eigenvalue weighted by molar-refractivity contribution is 6.25. The number of hydrogen-bond acceptors (Lipinski definition) is 3. The molecular weight excluding hydrogens is 187 g/mol. The zero-order valence-electron chi connectivity index (χ0n) is 6.20. The van der Waals surface area contributed by atoms with Crippen molar-refractivity contribution in [1.29, 1.82) is 0 Å². The molecule has 0 saturated carbocycles. The molecule has 0 aromatic heterocycles. The molecule has 0 amide bonds. The zero-order valence-corrected chi connectivity index (χ0v) is 6.96. The molecule has 0 aromatic rings. The summed E-state index contributed by atoms with van der Waals surface area (Å²) in [6.45, 7) is -0.0956. The van der Waals surface area contributed by atoms with Crippen molar-refractivity contribution >= 4 is 17.8 Å². The van der Waals surface area contributed by atoms with E-state index in [9.17, 15) is 9.18 Å². The lowest BCUT2D eigenvalue weighted by molar-refractivity contribution is 0.0716. The summed E-state index contributed by atoms with van der Waals surface area (Å²) in [6, 6.07) is 0. The Morgan fingerprint density at radius 2 is 1.92 bits per heavy atom. The van der Waals surface area contributed by atoms with E-state index in [0.717, 1.165) is 6.08 Å². The molecule has 0 atom stereocenters. The monoisotopic (exact) mass is 194 g/mol. The van der Waals surface area contributed by atoms with Gasteiger partial charge in [-0.1, -0.05) is 11.6 Å². The van der Waals surface area contributed by atoms with Crippen molar-refractivity contribution in [3.8, 4) is 0 Å². The van der Waals surface area contributed by atoms with Crippen LogP contribution in [0.1, 0.15) is 0 Å². The summed E-state index contributed by atoms with van der Waals surface area (Å²) in [5.74, 6) is 0. The van der Waals surface area contributed by atoms with Gasteiger partial charge in [0.25, 0.3) is 0 Å². The summed E-state index contributed by atoms with van der Waals surface area (Å²) in [5, 5.41) is 0. The molecule has 0 fully saturated rings. The minimum absolute atomic E-state index is 0.0433. The fourth-order valence-corrected chi connectivity index (χ4v) is 0.419. The fraction of sp³-hybridized carbons (Fsp3) is 0.286. The van der Waals surface area contributed by atoms with E-state index in [1.165, 1.54) is 11.6 Å². The third-order valence-corrected chi connectivity index (χ3v) is 0.951. The second kappa shape index (κ2) is 8.07. The summed E-state index contributed by atoms with van der Waals surface area (Å²) in [7, 11) is 0. The van der Waals surface area contributed by atoms with Crippen LogP contribution >= 0.6 is 11.6 Å². The van der Waals surface area contributed by atoms with Crippen LogP contribution in [0, 0.1) is 0 Å². The van der Waals surface area contributed by atoms with Crippen LogP contribution in [-0.2, 0) is 9.47 Å². The maximum absolute atomic E-state index is 11.3. The molecule has 0 aliphatic rings. The van der Waals surface area contributed by atoms with Crippen molar-refractivity contribution in [2.24, 2.45) is 0 Å². The van der Waals surface area contributed by atoms with Crippen LogP contribution in [0.3, 0.4) is 0 Å². The second-order valence-corrected chi connectivity index (χ2v) is 1.85. The van der Waals surface area contributed by atoms with E-state index in [1.54, 1.807) is 0 Å². The van der Waals surface area contributed by atoms with Gasteiger partial charge < -0.3 is 9.47 Å². The minimum atomic E-state index is -0.858. The van der Waals surface area contributed by atoms with Gasteiger partial charge in [-0.2, -0.15) is 0 Å². The Kier molecular flexibility index (Phi) is 7.38. The van der Waals surface area contributed by atoms with Crippen molar-refractivity contribution < 1.29 is 18.7 Å². The normalized spacial score (nSPS) is 10.8. The van der Waals surface area contributed by atoms with Crippen molar-refractivity contribution in [3.05, 3.63) is 24.0 Å². The number of rotatable bonds is 4. The topological polar surface area (TPSA) is 35.5 Å². The summed E-state index contributed by atoms with van der Waals surface area (Å²) in [5.41, 5.74) is 1.22. The largest absolute Gasteiger partial charge is 0.508 e. The highest BCUT2D eigenvalue weighted by Gasteiger charge is 1.98. The van der Waals surface area contributed by atoms with Gasteiger partial charge in [0.15, 0.2) is 0 Å². The van der Waals surface area contributed by atoms with Crippen LogP contribution in [0.5, 0.6) is 0 Å². The molecule has 5 heteroatoms. The first kappa shape index (κ1) is 11.0. The average Bonchev–Trinajstić information content (AvgIpc) is 2.06. The van der Waals surface area contributed by atoms with Crippen LogP contribution in [0.15, 0.2) is 24.0 Å². The maximum atomic E-state index is 11.3. The number of hydrogen-bond donors (Lipinski definition) is 0. The van der Waals surface area contributed by atoms with Gasteiger partial charge in [-0.3, -0.25) is 0 Å². The van der Waals surface area contributed by atoms with Crippen molar-refractivity contribution in [2.75, 3.05) is 13.2 Å². The molecule has 3 nitrogen and oxygen atoms in total. The van der Waals surface area contributed by atoms with Crippen LogP contribution in [-0.4, -0.2) is 19.4 Å². The molecule has 0 unspecified atom stereocenters. The van der Waals surface area contributed by atoms with Gasteiger partial charge in [0.2, 0.25) is 0 Å². The number of halogens is 2. The molecule has 0 rings (SSSR count). The van der Waals surface area contributed by atoms with E-state index in [-0.39, 0.29) is 19.5 Å². The standard InChI is InChI=1S/C7H8ClFO3/c8-3-1-5-11-7(10)12-6-2-4-9/h1-4H,5-6H2. The van der Waals surface area contributed by atoms with Crippen LogP contribution < -0.4 is 0 Å². The van der Waals surface area contributed by atoms with E-state index in [4.69, 9.17) is 11.6 Å². The highest BCUT2D eigenvalue weighted by atomic mass is 35.5. The molecule has 0 aliphatic heterocycles. The molecule has 68 valence electrons. The molecule has 0 N–H and O–H groups in total. The first-order valence-corrected chi connectivity index (χ1v) is 3.55. The predicted molar refractivity (Wildman–Crippen MR) is 42.5 cm³/mol. The summed E-state index contributed by atoms with van der Waals surface area (Å²) < 4.78 is 20.1. The van der Waals surface area contributed by atoms with Crippen LogP contribution in [0.4, 0.5) is 9.18 Å². The lowest BCUT2D eigenvalue weighted by atomic mass is 10.7. The van der Waals surface area contributed by atoms with Gasteiger partial charge in [0.1, 0.15) is 13.2 Å². The summed E-state index contributed by atoms with van der Waals surface area (Å²) in [4.78, 5) is 10.5. The van der Waals surface area contributed by atoms with Gasteiger partial charge >= 0.3 is 6.16 Å². The molecular formula is C7H8ClFO3. The molecule has 0 aliphatic carbocycles. The van der Waals surface area contributed by atoms with Gasteiger partial charge in [0, 0.05) is 5.54 Å². The van der Waals surface area contributed by atoms with E-state index in [1.807, 2.05) is 0 Å². The molecule has 0 bridgehead atoms. The molecule has 0 aromatic carbocycles. The van der Waals surface area contributed by atoms with E-state index >= 15 is 0 Å². The van der Waals surface area contributed by atoms with E-state index in [2.05, 4.69) is 9.47 Å². The Morgan fingerprint density at radius 1 is 1.33 bits per heavy atom. The number of carbonyl (C=O) groups is 1. The predicted octanol–water partition coefficient (Wildman–Crippen LogP) is 2.38. The summed E-state index contributed by atoms with van der Waals surface area (Å²) >= 11 is 5.14.